The summed E-state index contributed by atoms with van der Waals surface area (Å²) in [5.74, 6) is 0.889. The first kappa shape index (κ1) is 14.0. The maximum atomic E-state index is 5.40. The Morgan fingerprint density at radius 1 is 1.32 bits per heavy atom. The third-order valence-electron chi connectivity index (χ3n) is 3.00. The second kappa shape index (κ2) is 6.63. The van der Waals surface area contributed by atoms with Crippen molar-refractivity contribution in [3.8, 4) is 5.75 Å². The largest absolute Gasteiger partial charge is 0.496 e. The van der Waals surface area contributed by atoms with E-state index in [9.17, 15) is 0 Å². The average Bonchev–Trinajstić information content (AvgIpc) is 2.46. The molecule has 1 aromatic heterocycles. The van der Waals surface area contributed by atoms with Crippen LogP contribution < -0.4 is 10.1 Å². The van der Waals surface area contributed by atoms with E-state index in [0.717, 1.165) is 27.8 Å². The smallest absolute Gasteiger partial charge is 0.122 e. The molecule has 1 N–H and O–H groups in total. The summed E-state index contributed by atoms with van der Waals surface area (Å²) in [6.07, 6.45) is 6.01. The van der Waals surface area contributed by atoms with Crippen LogP contribution in [0.15, 0.2) is 41.4 Å². The predicted molar refractivity (Wildman–Crippen MR) is 78.2 cm³/mol. The Bertz CT molecular complexity index is 533. The van der Waals surface area contributed by atoms with Crippen molar-refractivity contribution in [3.63, 3.8) is 0 Å². The number of nitrogens with zero attached hydrogens (tertiary/aromatic N) is 2. The molecule has 0 aliphatic rings. The molecule has 1 atom stereocenters. The van der Waals surface area contributed by atoms with Crippen molar-refractivity contribution >= 4 is 15.9 Å². The van der Waals surface area contributed by atoms with E-state index in [-0.39, 0.29) is 6.04 Å². The lowest BCUT2D eigenvalue weighted by Gasteiger charge is -2.17. The van der Waals surface area contributed by atoms with Crippen LogP contribution in [0.2, 0.25) is 0 Å². The minimum Gasteiger partial charge on any atom is -0.496 e. The maximum absolute atomic E-state index is 5.40. The zero-order valence-corrected chi connectivity index (χ0v) is 12.5. The number of methoxy groups -OCH3 is 1. The molecular formula is C14H16BrN3O. The van der Waals surface area contributed by atoms with E-state index in [0.29, 0.717) is 0 Å². The summed E-state index contributed by atoms with van der Waals surface area (Å²) in [6, 6.07) is 6.17. The summed E-state index contributed by atoms with van der Waals surface area (Å²) < 4.78 is 6.45. The first-order valence-corrected chi connectivity index (χ1v) is 6.78. The molecule has 2 rings (SSSR count). The van der Waals surface area contributed by atoms with E-state index in [1.807, 2.05) is 31.6 Å². The highest BCUT2D eigenvalue weighted by atomic mass is 79.9. The predicted octanol–water partition coefficient (Wildman–Crippen LogP) is 2.75. The van der Waals surface area contributed by atoms with Gasteiger partial charge >= 0.3 is 0 Å². The van der Waals surface area contributed by atoms with Crippen molar-refractivity contribution in [2.24, 2.45) is 0 Å². The number of benzene rings is 1. The maximum Gasteiger partial charge on any atom is 0.122 e. The van der Waals surface area contributed by atoms with E-state index in [2.05, 4.69) is 37.3 Å². The molecule has 1 aromatic carbocycles. The molecule has 0 amide bonds. The molecule has 4 nitrogen and oxygen atoms in total. The second-order valence-corrected chi connectivity index (χ2v) is 5.09. The second-order valence-electron chi connectivity index (χ2n) is 4.17. The number of nitrogens with one attached hydrogen (secondary N) is 1. The fraction of sp³-hybridized carbons (Fsp3) is 0.286. The van der Waals surface area contributed by atoms with Gasteiger partial charge in [-0.3, -0.25) is 0 Å². The van der Waals surface area contributed by atoms with Gasteiger partial charge in [0.15, 0.2) is 0 Å². The quantitative estimate of drug-likeness (QED) is 0.919. The van der Waals surface area contributed by atoms with Crippen LogP contribution in [0.3, 0.4) is 0 Å². The molecule has 0 spiro atoms. The highest BCUT2D eigenvalue weighted by Crippen LogP contribution is 2.27. The lowest BCUT2D eigenvalue weighted by molar-refractivity contribution is 0.406. The third-order valence-corrected chi connectivity index (χ3v) is 3.49. The molecular weight excluding hydrogens is 306 g/mol. The molecule has 0 fully saturated rings. The molecule has 0 saturated heterocycles. The van der Waals surface area contributed by atoms with Crippen LogP contribution in [-0.4, -0.2) is 24.1 Å². The number of ether oxygens (including phenoxy) is 1. The molecule has 2 aromatic rings. The van der Waals surface area contributed by atoms with Crippen LogP contribution in [0.5, 0.6) is 5.75 Å². The van der Waals surface area contributed by atoms with Crippen LogP contribution >= 0.6 is 15.9 Å². The van der Waals surface area contributed by atoms with E-state index in [4.69, 9.17) is 4.74 Å². The SMILES string of the molecule is CNC(Cc1cc(Br)ccc1OC)c1cncnc1. The number of hydrogen-bond donors (Lipinski definition) is 1. The van der Waals surface area contributed by atoms with Crippen molar-refractivity contribution < 1.29 is 4.74 Å². The Morgan fingerprint density at radius 2 is 2.05 bits per heavy atom. The Hall–Kier alpha value is -1.46. The first-order chi connectivity index (χ1) is 9.24. The van der Waals surface area contributed by atoms with Gasteiger partial charge in [0, 0.05) is 28.5 Å². The van der Waals surface area contributed by atoms with Gasteiger partial charge in [-0.2, -0.15) is 0 Å². The lowest BCUT2D eigenvalue weighted by atomic mass is 10.0. The lowest BCUT2D eigenvalue weighted by Crippen LogP contribution is -2.19. The molecule has 0 saturated carbocycles. The number of hydrogen-bond acceptors (Lipinski definition) is 4. The van der Waals surface area contributed by atoms with Crippen LogP contribution in [-0.2, 0) is 6.42 Å². The monoisotopic (exact) mass is 321 g/mol. The fourth-order valence-electron chi connectivity index (χ4n) is 2.00. The van der Waals surface area contributed by atoms with Crippen LogP contribution in [0.1, 0.15) is 17.2 Å². The summed E-state index contributed by atoms with van der Waals surface area (Å²) in [4.78, 5) is 8.13. The standard InChI is InChI=1S/C14H16BrN3O/c1-16-13(11-7-17-9-18-8-11)6-10-5-12(15)3-4-14(10)19-2/h3-5,7-9,13,16H,6H2,1-2H3. The number of aromatic nitrogens is 2. The van der Waals surface area contributed by atoms with Gasteiger partial charge < -0.3 is 10.1 Å². The number of likely N-dealkylation sites (N-methyl/N-ethyl adjacent to an activating group) is 1. The molecule has 0 aliphatic carbocycles. The topological polar surface area (TPSA) is 47.0 Å². The van der Waals surface area contributed by atoms with Crippen molar-refractivity contribution in [1.82, 2.24) is 15.3 Å². The van der Waals surface area contributed by atoms with Gasteiger partial charge in [0.2, 0.25) is 0 Å². The Kier molecular flexibility index (Phi) is 4.87. The van der Waals surface area contributed by atoms with Crippen molar-refractivity contribution in [2.45, 2.75) is 12.5 Å². The molecule has 0 bridgehead atoms. The first-order valence-electron chi connectivity index (χ1n) is 5.99. The third kappa shape index (κ3) is 3.52. The van der Waals surface area contributed by atoms with Crippen molar-refractivity contribution in [3.05, 3.63) is 52.5 Å². The van der Waals surface area contributed by atoms with Crippen molar-refractivity contribution in [2.75, 3.05) is 14.2 Å². The van der Waals surface area contributed by atoms with Gasteiger partial charge in [-0.25, -0.2) is 9.97 Å². The van der Waals surface area contributed by atoms with Gasteiger partial charge in [0.05, 0.1) is 7.11 Å². The molecule has 1 heterocycles. The zero-order chi connectivity index (χ0) is 13.7. The molecule has 0 aliphatic heterocycles. The molecule has 0 radical (unpaired) electrons. The van der Waals surface area contributed by atoms with E-state index in [1.165, 1.54) is 6.33 Å². The van der Waals surface area contributed by atoms with E-state index >= 15 is 0 Å². The van der Waals surface area contributed by atoms with Gasteiger partial charge in [-0.05, 0) is 37.2 Å². The zero-order valence-electron chi connectivity index (χ0n) is 10.9. The molecule has 5 heteroatoms. The minimum absolute atomic E-state index is 0.157. The van der Waals surface area contributed by atoms with Gasteiger partial charge in [0.25, 0.3) is 0 Å². The summed E-state index contributed by atoms with van der Waals surface area (Å²) in [7, 11) is 3.62. The van der Waals surface area contributed by atoms with Crippen LogP contribution in [0, 0.1) is 0 Å². The summed E-state index contributed by atoms with van der Waals surface area (Å²) >= 11 is 3.49. The number of rotatable bonds is 5. The highest BCUT2D eigenvalue weighted by Gasteiger charge is 2.14. The fourth-order valence-corrected chi connectivity index (χ4v) is 2.41. The van der Waals surface area contributed by atoms with Crippen molar-refractivity contribution in [1.29, 1.82) is 0 Å². The molecule has 1 unspecified atom stereocenters. The summed E-state index contributed by atoms with van der Waals surface area (Å²) in [6.45, 7) is 0. The summed E-state index contributed by atoms with van der Waals surface area (Å²) in [5, 5.41) is 3.29. The summed E-state index contributed by atoms with van der Waals surface area (Å²) in [5.41, 5.74) is 2.20. The number of halogens is 1. The van der Waals surface area contributed by atoms with E-state index in [1.54, 1.807) is 7.11 Å². The van der Waals surface area contributed by atoms with Gasteiger partial charge in [-0.15, -0.1) is 0 Å². The Balaban J connectivity index is 2.26. The van der Waals surface area contributed by atoms with Gasteiger partial charge in [0.1, 0.15) is 12.1 Å². The molecule has 100 valence electrons. The molecule has 19 heavy (non-hydrogen) atoms. The Morgan fingerprint density at radius 3 is 2.68 bits per heavy atom. The van der Waals surface area contributed by atoms with Crippen LogP contribution in [0.4, 0.5) is 0 Å². The highest BCUT2D eigenvalue weighted by molar-refractivity contribution is 9.10. The Labute approximate surface area is 121 Å². The van der Waals surface area contributed by atoms with Crippen LogP contribution in [0.25, 0.3) is 0 Å². The normalized spacial score (nSPS) is 12.2. The minimum atomic E-state index is 0.157. The average molecular weight is 322 g/mol. The van der Waals surface area contributed by atoms with E-state index < -0.39 is 0 Å². The van der Waals surface area contributed by atoms with Gasteiger partial charge in [-0.1, -0.05) is 15.9 Å².